The lowest BCUT2D eigenvalue weighted by Crippen LogP contribution is -2.39. The second kappa shape index (κ2) is 15.5. The molecule has 0 heterocycles. The minimum absolute atomic E-state index is 0.0603. The van der Waals surface area contributed by atoms with Crippen molar-refractivity contribution in [1.82, 2.24) is 4.90 Å². The number of amides is 1. The molecule has 0 aliphatic heterocycles. The van der Waals surface area contributed by atoms with Crippen molar-refractivity contribution in [3.05, 3.63) is 58.6 Å². The zero-order valence-electron chi connectivity index (χ0n) is 20.8. The van der Waals surface area contributed by atoms with Gasteiger partial charge in [-0.3, -0.25) is 0 Å². The summed E-state index contributed by atoms with van der Waals surface area (Å²) in [5.74, 6) is -2.95. The average molecular weight is 588 g/mol. The van der Waals surface area contributed by atoms with E-state index in [9.17, 15) is 23.5 Å². The normalized spacial score (nSPS) is 12.1. The molecule has 1 unspecified atom stereocenters. The summed E-state index contributed by atoms with van der Waals surface area (Å²) >= 11 is 3.32. The third-order valence-corrected chi connectivity index (χ3v) is 5.61. The summed E-state index contributed by atoms with van der Waals surface area (Å²) in [6.07, 6.45) is -1.73. The lowest BCUT2D eigenvalue weighted by Gasteiger charge is -2.22. The van der Waals surface area contributed by atoms with Gasteiger partial charge in [-0.05, 0) is 55.8 Å². The predicted octanol–water partition coefficient (Wildman–Crippen LogP) is 5.42. The Kier molecular flexibility index (Phi) is 12.7. The van der Waals surface area contributed by atoms with Crippen LogP contribution in [0.3, 0.4) is 0 Å². The van der Waals surface area contributed by atoms with Crippen LogP contribution < -0.4 is 9.47 Å². The van der Waals surface area contributed by atoms with Gasteiger partial charge in [-0.1, -0.05) is 28.1 Å². The molecular formula is C26H32BrF2NO7. The van der Waals surface area contributed by atoms with Gasteiger partial charge in [-0.2, -0.15) is 0 Å². The smallest absolute Gasteiger partial charge is 0.415 e. The van der Waals surface area contributed by atoms with E-state index in [0.29, 0.717) is 18.1 Å². The number of benzene rings is 2. The first-order chi connectivity index (χ1) is 17.6. The fourth-order valence-corrected chi connectivity index (χ4v) is 3.38. The maximum atomic E-state index is 13.0. The minimum atomic E-state index is -2.82. The topological polar surface area (TPSA) is 94.5 Å². The van der Waals surface area contributed by atoms with Gasteiger partial charge in [-0.15, -0.1) is 0 Å². The van der Waals surface area contributed by atoms with E-state index in [1.54, 1.807) is 55.5 Å². The van der Waals surface area contributed by atoms with Gasteiger partial charge in [0.1, 0.15) is 18.1 Å². The van der Waals surface area contributed by atoms with Crippen LogP contribution in [-0.2, 0) is 20.7 Å². The lowest BCUT2D eigenvalue weighted by molar-refractivity contribution is -0.149. The molecule has 0 fully saturated rings. The second-order valence-corrected chi connectivity index (χ2v) is 9.14. The summed E-state index contributed by atoms with van der Waals surface area (Å²) in [5, 5.41) is 9.23. The van der Waals surface area contributed by atoms with Gasteiger partial charge in [0.2, 0.25) is 5.92 Å². The van der Waals surface area contributed by atoms with Gasteiger partial charge < -0.3 is 29.0 Å². The first-order valence-electron chi connectivity index (χ1n) is 11.8. The van der Waals surface area contributed by atoms with Crippen LogP contribution in [-0.4, -0.2) is 73.6 Å². The molecule has 2 rings (SSSR count). The Hall–Kier alpha value is -2.76. The number of aliphatic carboxylic acids is 1. The maximum Gasteiger partial charge on any atom is 0.415 e. The van der Waals surface area contributed by atoms with E-state index >= 15 is 0 Å². The van der Waals surface area contributed by atoms with Crippen molar-refractivity contribution in [3.63, 3.8) is 0 Å². The second-order valence-electron chi connectivity index (χ2n) is 8.22. The van der Waals surface area contributed by atoms with Gasteiger partial charge in [0.05, 0.1) is 19.8 Å². The fourth-order valence-electron chi connectivity index (χ4n) is 3.12. The average Bonchev–Trinajstić information content (AvgIpc) is 2.84. The van der Waals surface area contributed by atoms with E-state index in [4.69, 9.17) is 18.9 Å². The molecule has 2 aromatic rings. The summed E-state index contributed by atoms with van der Waals surface area (Å²) in [4.78, 5) is 25.4. The van der Waals surface area contributed by atoms with Crippen molar-refractivity contribution in [2.24, 2.45) is 0 Å². The molecule has 0 aliphatic rings. The molecule has 0 radical (unpaired) electrons. The van der Waals surface area contributed by atoms with Gasteiger partial charge >= 0.3 is 12.1 Å². The summed E-state index contributed by atoms with van der Waals surface area (Å²) in [7, 11) is 0. The van der Waals surface area contributed by atoms with Crippen molar-refractivity contribution < 1.29 is 42.4 Å². The highest BCUT2D eigenvalue weighted by atomic mass is 79.9. The van der Waals surface area contributed by atoms with Crippen LogP contribution in [0, 0.1) is 0 Å². The molecule has 1 atom stereocenters. The number of carboxylic acid groups (broad SMARTS) is 1. The molecule has 11 heteroatoms. The largest absolute Gasteiger partial charge is 0.492 e. The zero-order valence-corrected chi connectivity index (χ0v) is 22.4. The maximum absolute atomic E-state index is 13.0. The lowest BCUT2D eigenvalue weighted by atomic mass is 10.1. The molecule has 2 aromatic carbocycles. The molecule has 0 aliphatic carbocycles. The highest BCUT2D eigenvalue weighted by Gasteiger charge is 2.21. The van der Waals surface area contributed by atoms with Crippen LogP contribution >= 0.6 is 15.9 Å². The molecule has 1 N–H and O–H groups in total. The summed E-state index contributed by atoms with van der Waals surface area (Å²) < 4.78 is 48.4. The number of nitrogens with zero attached hydrogens (tertiary/aromatic N) is 1. The van der Waals surface area contributed by atoms with Crippen molar-refractivity contribution in [1.29, 1.82) is 0 Å². The molecule has 0 aromatic heterocycles. The number of carbonyl (C=O) groups is 2. The highest BCUT2D eigenvalue weighted by molar-refractivity contribution is 9.10. The number of hydrogen-bond donors (Lipinski definition) is 1. The Balaban J connectivity index is 1.90. The number of carboxylic acids is 1. The Morgan fingerprint density at radius 3 is 2.22 bits per heavy atom. The highest BCUT2D eigenvalue weighted by Crippen LogP contribution is 2.18. The molecular weight excluding hydrogens is 556 g/mol. The van der Waals surface area contributed by atoms with Crippen LogP contribution in [0.1, 0.15) is 25.8 Å². The summed E-state index contributed by atoms with van der Waals surface area (Å²) in [6.45, 7) is 3.22. The number of rotatable bonds is 16. The van der Waals surface area contributed by atoms with Crippen molar-refractivity contribution in [2.75, 3.05) is 39.5 Å². The number of hydrogen-bond acceptors (Lipinski definition) is 6. The molecule has 0 saturated heterocycles. The fraction of sp³-hybridized carbons (Fsp3) is 0.462. The van der Waals surface area contributed by atoms with E-state index in [-0.39, 0.29) is 39.3 Å². The van der Waals surface area contributed by atoms with Crippen LogP contribution in [0.2, 0.25) is 0 Å². The molecule has 204 valence electrons. The molecule has 0 saturated carbocycles. The quantitative estimate of drug-likeness (QED) is 0.262. The van der Waals surface area contributed by atoms with Crippen LogP contribution in [0.5, 0.6) is 11.5 Å². The number of ether oxygens (including phenoxy) is 4. The number of alkyl halides is 2. The van der Waals surface area contributed by atoms with E-state index < -0.39 is 30.5 Å². The number of halogens is 3. The van der Waals surface area contributed by atoms with E-state index in [1.807, 2.05) is 0 Å². The van der Waals surface area contributed by atoms with Gasteiger partial charge in [0.25, 0.3) is 0 Å². The zero-order chi connectivity index (χ0) is 27.3. The van der Waals surface area contributed by atoms with Crippen molar-refractivity contribution in [2.45, 2.75) is 38.7 Å². The van der Waals surface area contributed by atoms with Gasteiger partial charge in [-0.25, -0.2) is 18.4 Å². The molecule has 1 amide bonds. The van der Waals surface area contributed by atoms with E-state index in [0.717, 1.165) is 17.0 Å². The van der Waals surface area contributed by atoms with E-state index in [2.05, 4.69) is 15.9 Å². The van der Waals surface area contributed by atoms with Gasteiger partial charge in [0.15, 0.2) is 6.10 Å². The van der Waals surface area contributed by atoms with Gasteiger partial charge in [0, 0.05) is 30.5 Å². The summed E-state index contributed by atoms with van der Waals surface area (Å²) in [6, 6.07) is 13.7. The third kappa shape index (κ3) is 12.4. The molecule has 0 spiro atoms. The Morgan fingerprint density at radius 2 is 1.62 bits per heavy atom. The minimum Gasteiger partial charge on any atom is -0.492 e. The predicted molar refractivity (Wildman–Crippen MR) is 136 cm³/mol. The van der Waals surface area contributed by atoms with Crippen molar-refractivity contribution in [3.8, 4) is 11.5 Å². The standard InChI is InChI=1S/C26H32BrF2NO7/c1-3-35-23(24(31)32)18-19-4-8-21(9-5-19)36-17-14-30(13-16-34-15-12-26(2,28)29)25(33)37-22-10-6-20(27)7-11-22/h4-11,23H,3,12-18H2,1-2H3,(H,31,32). The Labute approximate surface area is 223 Å². The molecule has 8 nitrogen and oxygen atoms in total. The Bertz CT molecular complexity index is 968. The van der Waals surface area contributed by atoms with Crippen LogP contribution in [0.15, 0.2) is 53.0 Å². The summed E-state index contributed by atoms with van der Waals surface area (Å²) in [5.41, 5.74) is 0.780. The van der Waals surface area contributed by atoms with Crippen molar-refractivity contribution >= 4 is 28.0 Å². The molecule has 0 bridgehead atoms. The first-order valence-corrected chi connectivity index (χ1v) is 12.6. The van der Waals surface area contributed by atoms with Crippen LogP contribution in [0.4, 0.5) is 13.6 Å². The monoisotopic (exact) mass is 587 g/mol. The number of carbonyl (C=O) groups excluding carboxylic acids is 1. The molecule has 37 heavy (non-hydrogen) atoms. The van der Waals surface area contributed by atoms with Crippen LogP contribution in [0.25, 0.3) is 0 Å². The van der Waals surface area contributed by atoms with E-state index in [1.165, 1.54) is 4.90 Å². The Morgan fingerprint density at radius 1 is 1.00 bits per heavy atom. The third-order valence-electron chi connectivity index (χ3n) is 5.09. The first kappa shape index (κ1) is 30.5. The SMILES string of the molecule is CCOC(Cc1ccc(OCCN(CCOCCC(C)(F)F)C(=O)Oc2ccc(Br)cc2)cc1)C(=O)O.